The molecule has 1 aliphatic heterocycles. The maximum Gasteiger partial charge on any atom is 0.264 e. The SMILES string of the molecule is Cc1cccc(Cn2ccnc2CN(CCN2CCOCC2)C(=O)c2cccs2)c1. The Hall–Kier alpha value is -2.48. The summed E-state index contributed by atoms with van der Waals surface area (Å²) in [5.74, 6) is 0.978. The number of benzene rings is 1. The van der Waals surface area contributed by atoms with Gasteiger partial charge in [0.05, 0.1) is 24.6 Å². The van der Waals surface area contributed by atoms with E-state index in [1.54, 1.807) is 0 Å². The van der Waals surface area contributed by atoms with Crippen molar-refractivity contribution in [2.75, 3.05) is 39.4 Å². The minimum Gasteiger partial charge on any atom is -0.379 e. The summed E-state index contributed by atoms with van der Waals surface area (Å²) in [5.41, 5.74) is 2.48. The summed E-state index contributed by atoms with van der Waals surface area (Å²) in [6.07, 6.45) is 3.81. The van der Waals surface area contributed by atoms with Crippen molar-refractivity contribution >= 4 is 17.2 Å². The lowest BCUT2D eigenvalue weighted by Crippen LogP contribution is -2.43. The van der Waals surface area contributed by atoms with Gasteiger partial charge in [0, 0.05) is 45.1 Å². The molecule has 0 atom stereocenters. The fraction of sp³-hybridized carbons (Fsp3) is 0.391. The van der Waals surface area contributed by atoms with Crippen molar-refractivity contribution in [3.05, 3.63) is 76.0 Å². The molecule has 1 aliphatic rings. The van der Waals surface area contributed by atoms with E-state index in [0.717, 1.165) is 50.1 Å². The van der Waals surface area contributed by atoms with Crippen molar-refractivity contribution in [1.29, 1.82) is 0 Å². The van der Waals surface area contributed by atoms with Gasteiger partial charge in [-0.25, -0.2) is 4.98 Å². The summed E-state index contributed by atoms with van der Waals surface area (Å²) < 4.78 is 7.58. The summed E-state index contributed by atoms with van der Waals surface area (Å²) in [5, 5.41) is 1.95. The van der Waals surface area contributed by atoms with Crippen LogP contribution in [0.2, 0.25) is 0 Å². The third-order valence-electron chi connectivity index (χ3n) is 5.38. The molecule has 1 fully saturated rings. The number of aryl methyl sites for hydroxylation is 1. The highest BCUT2D eigenvalue weighted by molar-refractivity contribution is 7.12. The highest BCUT2D eigenvalue weighted by Crippen LogP contribution is 2.16. The molecule has 6 nitrogen and oxygen atoms in total. The first kappa shape index (κ1) is 20.8. The molecule has 0 spiro atoms. The Balaban J connectivity index is 1.48. The zero-order chi connectivity index (χ0) is 20.8. The molecule has 3 heterocycles. The molecule has 0 radical (unpaired) electrons. The van der Waals surface area contributed by atoms with E-state index in [1.807, 2.05) is 34.8 Å². The van der Waals surface area contributed by atoms with E-state index < -0.39 is 0 Å². The summed E-state index contributed by atoms with van der Waals surface area (Å²) in [7, 11) is 0. The van der Waals surface area contributed by atoms with Crippen molar-refractivity contribution in [3.8, 4) is 0 Å². The number of nitrogens with zero attached hydrogens (tertiary/aromatic N) is 4. The zero-order valence-electron chi connectivity index (χ0n) is 17.4. The number of carbonyl (C=O) groups excluding carboxylic acids is 1. The first-order valence-corrected chi connectivity index (χ1v) is 11.3. The van der Waals surface area contributed by atoms with Crippen molar-refractivity contribution in [1.82, 2.24) is 19.4 Å². The van der Waals surface area contributed by atoms with Crippen LogP contribution in [-0.2, 0) is 17.8 Å². The maximum absolute atomic E-state index is 13.2. The van der Waals surface area contributed by atoms with Crippen LogP contribution in [0.4, 0.5) is 0 Å². The molecule has 0 bridgehead atoms. The number of rotatable bonds is 8. The molecule has 4 rings (SSSR count). The number of ether oxygens (including phenoxy) is 1. The number of morpholine rings is 1. The maximum atomic E-state index is 13.2. The molecule has 0 saturated carbocycles. The normalized spacial score (nSPS) is 14.7. The third-order valence-corrected chi connectivity index (χ3v) is 6.24. The van der Waals surface area contributed by atoms with Crippen LogP contribution in [0.1, 0.15) is 26.6 Å². The van der Waals surface area contributed by atoms with E-state index in [-0.39, 0.29) is 5.91 Å². The van der Waals surface area contributed by atoms with Gasteiger partial charge in [0.25, 0.3) is 5.91 Å². The van der Waals surface area contributed by atoms with Crippen LogP contribution in [0.3, 0.4) is 0 Å². The standard InChI is InChI=1S/C23H28N4O2S/c1-19-4-2-5-20(16-19)17-26-8-7-24-22(26)18-27(23(28)21-6-3-15-30-21)10-9-25-11-13-29-14-12-25/h2-8,15-16H,9-14,17-18H2,1H3. The molecule has 0 unspecified atom stereocenters. The van der Waals surface area contributed by atoms with Gasteiger partial charge in [0.15, 0.2) is 0 Å². The largest absolute Gasteiger partial charge is 0.379 e. The smallest absolute Gasteiger partial charge is 0.264 e. The highest BCUT2D eigenvalue weighted by Gasteiger charge is 2.21. The van der Waals surface area contributed by atoms with Crippen LogP contribution in [0.5, 0.6) is 0 Å². The minimum absolute atomic E-state index is 0.0726. The predicted molar refractivity (Wildman–Crippen MR) is 119 cm³/mol. The van der Waals surface area contributed by atoms with Gasteiger partial charge in [0.2, 0.25) is 0 Å². The van der Waals surface area contributed by atoms with Gasteiger partial charge < -0.3 is 14.2 Å². The number of aromatic nitrogens is 2. The van der Waals surface area contributed by atoms with Gasteiger partial charge in [-0.2, -0.15) is 0 Å². The Morgan fingerprint density at radius 2 is 2.10 bits per heavy atom. The monoisotopic (exact) mass is 424 g/mol. The van der Waals surface area contributed by atoms with Gasteiger partial charge in [-0.1, -0.05) is 35.9 Å². The Kier molecular flexibility index (Phi) is 6.94. The van der Waals surface area contributed by atoms with Crippen LogP contribution in [0.25, 0.3) is 0 Å². The number of amides is 1. The molecule has 158 valence electrons. The highest BCUT2D eigenvalue weighted by atomic mass is 32.1. The first-order chi connectivity index (χ1) is 14.7. The van der Waals surface area contributed by atoms with Crippen molar-refractivity contribution in [2.45, 2.75) is 20.0 Å². The fourth-order valence-electron chi connectivity index (χ4n) is 3.71. The van der Waals surface area contributed by atoms with Gasteiger partial charge in [0.1, 0.15) is 5.82 Å². The molecule has 0 aliphatic carbocycles. The summed E-state index contributed by atoms with van der Waals surface area (Å²) >= 11 is 1.49. The van der Waals surface area contributed by atoms with Crippen molar-refractivity contribution < 1.29 is 9.53 Å². The number of carbonyl (C=O) groups is 1. The molecule has 30 heavy (non-hydrogen) atoms. The Morgan fingerprint density at radius 3 is 2.87 bits per heavy atom. The van der Waals surface area contributed by atoms with Gasteiger partial charge in [-0.05, 0) is 23.9 Å². The quantitative estimate of drug-likeness (QED) is 0.557. The van der Waals surface area contributed by atoms with Crippen LogP contribution in [-0.4, -0.2) is 64.7 Å². The number of hydrogen-bond acceptors (Lipinski definition) is 5. The van der Waals surface area contributed by atoms with E-state index in [4.69, 9.17) is 4.74 Å². The molecular weight excluding hydrogens is 396 g/mol. The number of thiophene rings is 1. The molecule has 0 N–H and O–H groups in total. The second kappa shape index (κ2) is 10.0. The summed E-state index contributed by atoms with van der Waals surface area (Å²) in [6.45, 7) is 8.24. The second-order valence-electron chi connectivity index (χ2n) is 7.62. The van der Waals surface area contributed by atoms with E-state index in [0.29, 0.717) is 13.1 Å². The van der Waals surface area contributed by atoms with E-state index in [9.17, 15) is 4.79 Å². The molecule has 1 aromatic carbocycles. The van der Waals surface area contributed by atoms with Crippen LogP contribution in [0.15, 0.2) is 54.2 Å². The minimum atomic E-state index is 0.0726. The molecule has 7 heteroatoms. The predicted octanol–water partition coefficient (Wildman–Crippen LogP) is 3.28. The second-order valence-corrected chi connectivity index (χ2v) is 8.57. The Bertz CT molecular complexity index is 948. The van der Waals surface area contributed by atoms with Crippen molar-refractivity contribution in [2.24, 2.45) is 0 Å². The molecule has 1 amide bonds. The van der Waals surface area contributed by atoms with E-state index in [1.165, 1.54) is 22.5 Å². The molecule has 2 aromatic heterocycles. The number of imidazole rings is 1. The van der Waals surface area contributed by atoms with Crippen LogP contribution in [0, 0.1) is 6.92 Å². The van der Waals surface area contributed by atoms with Gasteiger partial charge in [-0.15, -0.1) is 11.3 Å². The lowest BCUT2D eigenvalue weighted by atomic mass is 10.1. The first-order valence-electron chi connectivity index (χ1n) is 10.4. The van der Waals surface area contributed by atoms with Gasteiger partial charge in [-0.3, -0.25) is 9.69 Å². The average Bonchev–Trinajstić information content (AvgIpc) is 3.44. The van der Waals surface area contributed by atoms with Crippen LogP contribution >= 0.6 is 11.3 Å². The average molecular weight is 425 g/mol. The van der Waals surface area contributed by atoms with Gasteiger partial charge >= 0.3 is 0 Å². The fourth-order valence-corrected chi connectivity index (χ4v) is 4.40. The lowest BCUT2D eigenvalue weighted by molar-refractivity contribution is 0.0319. The van der Waals surface area contributed by atoms with E-state index >= 15 is 0 Å². The zero-order valence-corrected chi connectivity index (χ0v) is 18.2. The summed E-state index contributed by atoms with van der Waals surface area (Å²) in [4.78, 5) is 22.8. The Morgan fingerprint density at radius 1 is 1.23 bits per heavy atom. The number of hydrogen-bond donors (Lipinski definition) is 0. The van der Waals surface area contributed by atoms with Crippen molar-refractivity contribution in [3.63, 3.8) is 0 Å². The lowest BCUT2D eigenvalue weighted by Gasteiger charge is -2.30. The van der Waals surface area contributed by atoms with Crippen LogP contribution < -0.4 is 0 Å². The molecule has 1 saturated heterocycles. The molecular formula is C23H28N4O2S. The van der Waals surface area contributed by atoms with E-state index in [2.05, 4.69) is 45.6 Å². The Labute approximate surface area is 181 Å². The third kappa shape index (κ3) is 5.36. The topological polar surface area (TPSA) is 50.6 Å². The summed E-state index contributed by atoms with van der Waals surface area (Å²) in [6, 6.07) is 12.3. The molecule has 3 aromatic rings.